The van der Waals surface area contributed by atoms with Gasteiger partial charge in [0.05, 0.1) is 18.4 Å². The fraction of sp³-hybridized carbons (Fsp3) is 0.462. The van der Waals surface area contributed by atoms with Crippen LogP contribution >= 0.6 is 0 Å². The Morgan fingerprint density at radius 3 is 2.53 bits per heavy atom. The average Bonchev–Trinajstić information content (AvgIpc) is 2.83. The van der Waals surface area contributed by atoms with Crippen molar-refractivity contribution in [3.05, 3.63) is 60.2 Å². The van der Waals surface area contributed by atoms with Crippen molar-refractivity contribution in [2.24, 2.45) is 16.6 Å². The maximum atomic E-state index is 8.61. The van der Waals surface area contributed by atoms with Crippen LogP contribution in [0.3, 0.4) is 0 Å². The summed E-state index contributed by atoms with van der Waals surface area (Å²) in [7, 11) is 0. The number of nitrogens with two attached hydrogens (primary N) is 1. The van der Waals surface area contributed by atoms with Gasteiger partial charge in [0, 0.05) is 26.1 Å². The molecule has 170 valence electrons. The van der Waals surface area contributed by atoms with Crippen LogP contribution in [0.4, 0.5) is 5.69 Å². The molecular formula is C26H35N5O. The lowest BCUT2D eigenvalue weighted by atomic mass is 9.90. The second kappa shape index (κ2) is 13.4. The quantitative estimate of drug-likeness (QED) is 0.332. The fourth-order valence-corrected chi connectivity index (χ4v) is 3.90. The second-order valence-corrected chi connectivity index (χ2v) is 8.23. The van der Waals surface area contributed by atoms with Gasteiger partial charge in [0.2, 0.25) is 0 Å². The van der Waals surface area contributed by atoms with Crippen LogP contribution < -0.4 is 15.8 Å². The fourth-order valence-electron chi connectivity index (χ4n) is 3.90. The molecule has 1 heterocycles. The van der Waals surface area contributed by atoms with E-state index < -0.39 is 0 Å². The molecule has 3 rings (SSSR count). The molecule has 1 aliphatic heterocycles. The number of unbranched alkanes of at least 4 members (excludes halogenated alkanes) is 1. The Morgan fingerprint density at radius 2 is 1.84 bits per heavy atom. The number of aliphatic imine (C=N–C) groups is 1. The van der Waals surface area contributed by atoms with Crippen LogP contribution in [0, 0.1) is 17.2 Å². The monoisotopic (exact) mass is 433 g/mol. The molecule has 0 aromatic heterocycles. The zero-order valence-corrected chi connectivity index (χ0v) is 18.9. The van der Waals surface area contributed by atoms with E-state index in [1.54, 1.807) is 0 Å². The molecule has 6 nitrogen and oxygen atoms in total. The van der Waals surface area contributed by atoms with E-state index >= 15 is 0 Å². The standard InChI is InChI=1S/C26H35N5O/c27-15-4-5-20-32-25-11-9-24(10-12-25)30-26(29-17-6-16-28)31-18-13-23(14-19-31)21-22-7-2-1-3-8-22/h1-3,7-12,23H,4-6,13-14,16-21,28H2,(H,29,30). The van der Waals surface area contributed by atoms with E-state index in [9.17, 15) is 0 Å². The van der Waals surface area contributed by atoms with Crippen molar-refractivity contribution < 1.29 is 4.74 Å². The Labute approximate surface area is 192 Å². The Balaban J connectivity index is 1.58. The van der Waals surface area contributed by atoms with Gasteiger partial charge >= 0.3 is 0 Å². The molecule has 0 spiro atoms. The maximum absolute atomic E-state index is 8.61. The molecule has 0 atom stereocenters. The summed E-state index contributed by atoms with van der Waals surface area (Å²) < 4.78 is 5.68. The minimum absolute atomic E-state index is 0.516. The molecule has 0 saturated carbocycles. The molecule has 32 heavy (non-hydrogen) atoms. The van der Waals surface area contributed by atoms with Gasteiger partial charge in [-0.25, -0.2) is 4.99 Å². The average molecular weight is 434 g/mol. The van der Waals surface area contributed by atoms with Crippen molar-refractivity contribution in [3.63, 3.8) is 0 Å². The van der Waals surface area contributed by atoms with Crippen LogP contribution in [0.2, 0.25) is 0 Å². The highest BCUT2D eigenvalue weighted by Gasteiger charge is 2.22. The summed E-state index contributed by atoms with van der Waals surface area (Å²) in [4.78, 5) is 7.27. The second-order valence-electron chi connectivity index (χ2n) is 8.23. The third-order valence-corrected chi connectivity index (χ3v) is 5.72. The van der Waals surface area contributed by atoms with Crippen molar-refractivity contribution >= 4 is 11.6 Å². The lowest BCUT2D eigenvalue weighted by Gasteiger charge is -2.34. The number of likely N-dealkylation sites (tertiary alicyclic amines) is 1. The van der Waals surface area contributed by atoms with E-state index in [1.165, 1.54) is 18.4 Å². The first-order valence-electron chi connectivity index (χ1n) is 11.7. The number of nitrogens with zero attached hydrogens (tertiary/aromatic N) is 3. The highest BCUT2D eigenvalue weighted by atomic mass is 16.5. The van der Waals surface area contributed by atoms with Gasteiger partial charge in [-0.3, -0.25) is 0 Å². The summed E-state index contributed by atoms with van der Waals surface area (Å²) in [6.45, 7) is 4.05. The molecule has 6 heteroatoms. The topological polar surface area (TPSA) is 86.7 Å². The van der Waals surface area contributed by atoms with E-state index in [0.717, 1.165) is 62.2 Å². The van der Waals surface area contributed by atoms with Gasteiger partial charge in [0.15, 0.2) is 5.96 Å². The molecule has 3 N–H and O–H groups in total. The largest absolute Gasteiger partial charge is 0.494 e. The van der Waals surface area contributed by atoms with E-state index in [1.807, 2.05) is 24.3 Å². The molecule has 1 fully saturated rings. The zero-order chi connectivity index (χ0) is 22.4. The first-order valence-corrected chi connectivity index (χ1v) is 11.7. The van der Waals surface area contributed by atoms with E-state index in [-0.39, 0.29) is 0 Å². The smallest absolute Gasteiger partial charge is 0.199 e. The highest BCUT2D eigenvalue weighted by molar-refractivity contribution is 5.83. The minimum atomic E-state index is 0.516. The van der Waals surface area contributed by atoms with Crippen LogP contribution in [0.25, 0.3) is 0 Å². The number of piperidine rings is 1. The van der Waals surface area contributed by atoms with Gasteiger partial charge in [-0.1, -0.05) is 30.3 Å². The first kappa shape index (κ1) is 23.6. The van der Waals surface area contributed by atoms with Crippen LogP contribution in [0.1, 0.15) is 37.7 Å². The summed E-state index contributed by atoms with van der Waals surface area (Å²) in [5.41, 5.74) is 8.01. The van der Waals surface area contributed by atoms with Crippen molar-refractivity contribution in [2.75, 3.05) is 32.8 Å². The van der Waals surface area contributed by atoms with Crippen molar-refractivity contribution in [2.45, 2.75) is 38.5 Å². The molecule has 0 aliphatic carbocycles. The molecule has 2 aromatic carbocycles. The van der Waals surface area contributed by atoms with Crippen LogP contribution in [-0.2, 0) is 6.42 Å². The van der Waals surface area contributed by atoms with Crippen LogP contribution in [0.15, 0.2) is 59.6 Å². The lowest BCUT2D eigenvalue weighted by Crippen LogP contribution is -2.46. The minimum Gasteiger partial charge on any atom is -0.494 e. The SMILES string of the molecule is N#CCCCOc1ccc(/N=C(\NCCCN)N2CCC(Cc3ccccc3)CC2)cc1. The Hall–Kier alpha value is -3.04. The first-order chi connectivity index (χ1) is 15.8. The van der Waals surface area contributed by atoms with Gasteiger partial charge in [-0.2, -0.15) is 5.26 Å². The normalized spacial score (nSPS) is 14.8. The summed E-state index contributed by atoms with van der Waals surface area (Å²) >= 11 is 0. The number of benzene rings is 2. The molecular weight excluding hydrogens is 398 g/mol. The summed E-state index contributed by atoms with van der Waals surface area (Å²) in [6, 6.07) is 20.8. The number of hydrogen-bond acceptors (Lipinski definition) is 4. The van der Waals surface area contributed by atoms with Gasteiger partial charge < -0.3 is 20.7 Å². The van der Waals surface area contributed by atoms with Crippen molar-refractivity contribution in [3.8, 4) is 11.8 Å². The molecule has 0 amide bonds. The summed E-state index contributed by atoms with van der Waals surface area (Å²) in [5, 5.41) is 12.1. The van der Waals surface area contributed by atoms with Crippen LogP contribution in [-0.4, -0.2) is 43.6 Å². The predicted molar refractivity (Wildman–Crippen MR) is 130 cm³/mol. The number of rotatable bonds is 10. The van der Waals surface area contributed by atoms with Gasteiger partial charge in [-0.15, -0.1) is 0 Å². The van der Waals surface area contributed by atoms with Crippen molar-refractivity contribution in [1.82, 2.24) is 10.2 Å². The predicted octanol–water partition coefficient (Wildman–Crippen LogP) is 4.25. The van der Waals surface area contributed by atoms with E-state index in [0.29, 0.717) is 19.6 Å². The Bertz CT molecular complexity index is 852. The van der Waals surface area contributed by atoms with Gasteiger partial charge in [0.25, 0.3) is 0 Å². The third-order valence-electron chi connectivity index (χ3n) is 5.72. The molecule has 0 bridgehead atoms. The molecule has 2 aromatic rings. The number of ether oxygens (including phenoxy) is 1. The summed E-state index contributed by atoms with van der Waals surface area (Å²) in [6.07, 6.45) is 5.66. The van der Waals surface area contributed by atoms with Crippen LogP contribution in [0.5, 0.6) is 5.75 Å². The molecule has 0 radical (unpaired) electrons. The van der Waals surface area contributed by atoms with E-state index in [2.05, 4.69) is 46.6 Å². The maximum Gasteiger partial charge on any atom is 0.199 e. The van der Waals surface area contributed by atoms with Crippen molar-refractivity contribution in [1.29, 1.82) is 5.26 Å². The number of nitriles is 1. The summed E-state index contributed by atoms with van der Waals surface area (Å²) in [5.74, 6) is 2.46. The number of guanidine groups is 1. The van der Waals surface area contributed by atoms with Gasteiger partial charge in [0.1, 0.15) is 5.75 Å². The number of nitrogens with one attached hydrogen (secondary N) is 1. The third kappa shape index (κ3) is 7.90. The highest BCUT2D eigenvalue weighted by Crippen LogP contribution is 2.23. The van der Waals surface area contributed by atoms with E-state index in [4.69, 9.17) is 20.7 Å². The lowest BCUT2D eigenvalue weighted by molar-refractivity contribution is 0.259. The Morgan fingerprint density at radius 1 is 1.09 bits per heavy atom. The zero-order valence-electron chi connectivity index (χ0n) is 18.9. The molecule has 1 saturated heterocycles. The molecule has 0 unspecified atom stereocenters. The Kier molecular flexibility index (Phi) is 9.88. The van der Waals surface area contributed by atoms with Gasteiger partial charge in [-0.05, 0) is 74.4 Å². The number of hydrogen-bond donors (Lipinski definition) is 2. The molecule has 1 aliphatic rings.